The van der Waals surface area contributed by atoms with E-state index in [1.807, 2.05) is 23.7 Å². The van der Waals surface area contributed by atoms with Crippen LogP contribution in [-0.4, -0.2) is 23.0 Å². The average Bonchev–Trinajstić information content (AvgIpc) is 2.73. The number of benzene rings is 1. The van der Waals surface area contributed by atoms with Crippen LogP contribution in [0.2, 0.25) is 0 Å². The van der Waals surface area contributed by atoms with Crippen LogP contribution in [0.1, 0.15) is 19.0 Å². The predicted octanol–water partition coefficient (Wildman–Crippen LogP) is 1.92. The van der Waals surface area contributed by atoms with Gasteiger partial charge in [0.15, 0.2) is 0 Å². The molecule has 2 aromatic rings. The van der Waals surface area contributed by atoms with E-state index in [-0.39, 0.29) is 0 Å². The van der Waals surface area contributed by atoms with Crippen molar-refractivity contribution in [3.05, 3.63) is 30.0 Å². The summed E-state index contributed by atoms with van der Waals surface area (Å²) in [6.45, 7) is 4.92. The van der Waals surface area contributed by atoms with E-state index in [0.29, 0.717) is 6.54 Å². The van der Waals surface area contributed by atoms with Gasteiger partial charge in [0.05, 0.1) is 11.2 Å². The minimum atomic E-state index is 0.485. The first-order valence-corrected chi connectivity index (χ1v) is 6.09. The molecule has 0 saturated heterocycles. The number of hydrogen-bond donors (Lipinski definition) is 1. The standard InChI is InChI=1S/C13H19N3O/c1-2-17-9-5-8-16-13-7-4-3-6-11(13)12(10-14)15-16/h3-4,6-7H,2,5,8-10,14H2,1H3. The van der Waals surface area contributed by atoms with Gasteiger partial charge in [0.1, 0.15) is 0 Å². The fourth-order valence-corrected chi connectivity index (χ4v) is 1.98. The molecule has 0 aliphatic heterocycles. The lowest BCUT2D eigenvalue weighted by atomic mass is 10.2. The number of nitrogens with two attached hydrogens (primary N) is 1. The Kier molecular flexibility index (Phi) is 4.12. The normalized spacial score (nSPS) is 11.2. The number of para-hydroxylation sites is 1. The topological polar surface area (TPSA) is 53.1 Å². The van der Waals surface area contributed by atoms with Gasteiger partial charge in [-0.25, -0.2) is 0 Å². The molecule has 0 aliphatic carbocycles. The van der Waals surface area contributed by atoms with Gasteiger partial charge in [-0.3, -0.25) is 4.68 Å². The van der Waals surface area contributed by atoms with Crippen molar-refractivity contribution in [1.82, 2.24) is 9.78 Å². The lowest BCUT2D eigenvalue weighted by Gasteiger charge is -2.03. The summed E-state index contributed by atoms with van der Waals surface area (Å²) in [7, 11) is 0. The quantitative estimate of drug-likeness (QED) is 0.775. The van der Waals surface area contributed by atoms with Crippen LogP contribution in [0.15, 0.2) is 24.3 Å². The lowest BCUT2D eigenvalue weighted by Crippen LogP contribution is -2.05. The number of fused-ring (bicyclic) bond motifs is 1. The van der Waals surface area contributed by atoms with Crippen molar-refractivity contribution in [2.75, 3.05) is 13.2 Å². The highest BCUT2D eigenvalue weighted by atomic mass is 16.5. The van der Waals surface area contributed by atoms with Crippen molar-refractivity contribution in [3.8, 4) is 0 Å². The van der Waals surface area contributed by atoms with Gasteiger partial charge in [-0.15, -0.1) is 0 Å². The first-order chi connectivity index (χ1) is 8.36. The molecular weight excluding hydrogens is 214 g/mol. The Bertz CT molecular complexity index is 478. The molecule has 0 fully saturated rings. The third-order valence-electron chi connectivity index (χ3n) is 2.79. The molecule has 0 saturated carbocycles. The highest BCUT2D eigenvalue weighted by Crippen LogP contribution is 2.18. The molecule has 0 unspecified atom stereocenters. The summed E-state index contributed by atoms with van der Waals surface area (Å²) >= 11 is 0. The van der Waals surface area contributed by atoms with Gasteiger partial charge in [0.2, 0.25) is 0 Å². The maximum absolute atomic E-state index is 5.71. The van der Waals surface area contributed by atoms with Crippen molar-refractivity contribution in [1.29, 1.82) is 0 Å². The van der Waals surface area contributed by atoms with E-state index in [4.69, 9.17) is 10.5 Å². The Morgan fingerprint density at radius 2 is 2.18 bits per heavy atom. The SMILES string of the molecule is CCOCCCn1nc(CN)c2ccccc21. The monoisotopic (exact) mass is 233 g/mol. The first kappa shape index (κ1) is 12.1. The molecule has 1 aromatic heterocycles. The summed E-state index contributed by atoms with van der Waals surface area (Å²) in [5.74, 6) is 0. The van der Waals surface area contributed by atoms with Gasteiger partial charge < -0.3 is 10.5 Å². The van der Waals surface area contributed by atoms with E-state index < -0.39 is 0 Å². The number of ether oxygens (including phenoxy) is 1. The molecule has 0 aliphatic rings. The number of rotatable bonds is 6. The van der Waals surface area contributed by atoms with Crippen molar-refractivity contribution in [2.45, 2.75) is 26.4 Å². The largest absolute Gasteiger partial charge is 0.382 e. The van der Waals surface area contributed by atoms with Gasteiger partial charge in [0.25, 0.3) is 0 Å². The van der Waals surface area contributed by atoms with Crippen LogP contribution in [0, 0.1) is 0 Å². The van der Waals surface area contributed by atoms with Crippen molar-refractivity contribution in [2.24, 2.45) is 5.73 Å². The predicted molar refractivity (Wildman–Crippen MR) is 68.7 cm³/mol. The number of aryl methyl sites for hydroxylation is 1. The van der Waals surface area contributed by atoms with Crippen molar-refractivity contribution in [3.63, 3.8) is 0 Å². The van der Waals surface area contributed by atoms with E-state index in [2.05, 4.69) is 17.2 Å². The number of nitrogens with zero attached hydrogens (tertiary/aromatic N) is 2. The second-order valence-corrected chi connectivity index (χ2v) is 3.94. The fourth-order valence-electron chi connectivity index (χ4n) is 1.98. The van der Waals surface area contributed by atoms with Crippen molar-refractivity contribution >= 4 is 10.9 Å². The van der Waals surface area contributed by atoms with Crippen LogP contribution in [-0.2, 0) is 17.8 Å². The summed E-state index contributed by atoms with van der Waals surface area (Å²) in [5, 5.41) is 5.70. The molecule has 1 aromatic carbocycles. The van der Waals surface area contributed by atoms with Gasteiger partial charge >= 0.3 is 0 Å². The molecule has 0 radical (unpaired) electrons. The molecular formula is C13H19N3O. The lowest BCUT2D eigenvalue weighted by molar-refractivity contribution is 0.141. The summed E-state index contributed by atoms with van der Waals surface area (Å²) in [4.78, 5) is 0. The van der Waals surface area contributed by atoms with Crippen LogP contribution in [0.5, 0.6) is 0 Å². The van der Waals surface area contributed by atoms with Crippen molar-refractivity contribution < 1.29 is 4.74 Å². The Labute approximate surface area is 101 Å². The van der Waals surface area contributed by atoms with Crippen LogP contribution < -0.4 is 5.73 Å². The minimum absolute atomic E-state index is 0.485. The Morgan fingerprint density at radius 1 is 1.35 bits per heavy atom. The van der Waals surface area contributed by atoms with Crippen LogP contribution in [0.25, 0.3) is 10.9 Å². The first-order valence-electron chi connectivity index (χ1n) is 6.09. The van der Waals surface area contributed by atoms with Gasteiger partial charge in [-0.2, -0.15) is 5.10 Å². The number of hydrogen-bond acceptors (Lipinski definition) is 3. The molecule has 1 heterocycles. The maximum atomic E-state index is 5.71. The molecule has 2 rings (SSSR count). The fraction of sp³-hybridized carbons (Fsp3) is 0.462. The highest BCUT2D eigenvalue weighted by Gasteiger charge is 2.07. The molecule has 0 atom stereocenters. The molecule has 0 spiro atoms. The summed E-state index contributed by atoms with van der Waals surface area (Å²) in [6.07, 6.45) is 0.976. The molecule has 2 N–H and O–H groups in total. The summed E-state index contributed by atoms with van der Waals surface area (Å²) in [5.41, 5.74) is 7.83. The van der Waals surface area contributed by atoms with E-state index in [0.717, 1.165) is 42.8 Å². The zero-order valence-corrected chi connectivity index (χ0v) is 10.2. The highest BCUT2D eigenvalue weighted by molar-refractivity contribution is 5.81. The maximum Gasteiger partial charge on any atom is 0.0838 e. The van der Waals surface area contributed by atoms with E-state index in [1.54, 1.807) is 0 Å². The van der Waals surface area contributed by atoms with Crippen LogP contribution in [0.4, 0.5) is 0 Å². The minimum Gasteiger partial charge on any atom is -0.382 e. The Hall–Kier alpha value is -1.39. The van der Waals surface area contributed by atoms with Crippen LogP contribution >= 0.6 is 0 Å². The Morgan fingerprint density at radius 3 is 2.94 bits per heavy atom. The van der Waals surface area contributed by atoms with Gasteiger partial charge in [-0.1, -0.05) is 18.2 Å². The zero-order valence-electron chi connectivity index (χ0n) is 10.2. The second-order valence-electron chi connectivity index (χ2n) is 3.94. The van der Waals surface area contributed by atoms with Gasteiger partial charge in [-0.05, 0) is 19.4 Å². The van der Waals surface area contributed by atoms with E-state index in [1.165, 1.54) is 0 Å². The molecule has 0 amide bonds. The smallest absolute Gasteiger partial charge is 0.0838 e. The molecule has 92 valence electrons. The summed E-state index contributed by atoms with van der Waals surface area (Å²) < 4.78 is 7.36. The molecule has 17 heavy (non-hydrogen) atoms. The molecule has 4 heteroatoms. The summed E-state index contributed by atoms with van der Waals surface area (Å²) in [6, 6.07) is 8.21. The third-order valence-corrected chi connectivity index (χ3v) is 2.79. The van der Waals surface area contributed by atoms with E-state index >= 15 is 0 Å². The van der Waals surface area contributed by atoms with Crippen LogP contribution in [0.3, 0.4) is 0 Å². The average molecular weight is 233 g/mol. The Balaban J connectivity index is 2.16. The molecule has 4 nitrogen and oxygen atoms in total. The third kappa shape index (κ3) is 2.65. The number of aromatic nitrogens is 2. The van der Waals surface area contributed by atoms with E-state index in [9.17, 15) is 0 Å². The van der Waals surface area contributed by atoms with Gasteiger partial charge in [0, 0.05) is 31.7 Å². The second kappa shape index (κ2) is 5.80. The zero-order chi connectivity index (χ0) is 12.1. The molecule has 0 bridgehead atoms.